The van der Waals surface area contributed by atoms with Crippen LogP contribution < -0.4 is 0 Å². The maximum atomic E-state index is 10.8. The number of carboxylic acid groups (broad SMARTS) is 3. The first-order chi connectivity index (χ1) is 7.25. The van der Waals surface area contributed by atoms with Crippen molar-refractivity contribution in [2.45, 2.75) is 19.1 Å². The van der Waals surface area contributed by atoms with Crippen LogP contribution in [0.3, 0.4) is 0 Å². The molecule has 0 amide bonds. The minimum absolute atomic E-state index is 0.664. The predicted molar refractivity (Wildman–Crippen MR) is 49.9 cm³/mol. The van der Waals surface area contributed by atoms with Gasteiger partial charge in [-0.25, -0.2) is 0 Å². The highest BCUT2D eigenvalue weighted by molar-refractivity contribution is 5.78. The summed E-state index contributed by atoms with van der Waals surface area (Å²) in [6, 6.07) is -1.56. The summed E-state index contributed by atoms with van der Waals surface area (Å²) in [5, 5.41) is 34.9. The van der Waals surface area contributed by atoms with Crippen LogP contribution in [-0.4, -0.2) is 68.5 Å². The summed E-state index contributed by atoms with van der Waals surface area (Å²) < 4.78 is 0. The molecule has 0 heterocycles. The fourth-order valence-corrected chi connectivity index (χ4v) is 1.27. The zero-order chi connectivity index (χ0) is 12.9. The zero-order valence-corrected chi connectivity index (χ0v) is 8.53. The van der Waals surface area contributed by atoms with Crippen molar-refractivity contribution in [2.24, 2.45) is 0 Å². The van der Waals surface area contributed by atoms with E-state index in [-0.39, 0.29) is 0 Å². The Hall–Kier alpha value is -1.67. The van der Waals surface area contributed by atoms with Crippen molar-refractivity contribution in [1.29, 1.82) is 0 Å². The first kappa shape index (κ1) is 14.3. The second kappa shape index (κ2) is 6.03. The molecule has 4 N–H and O–H groups in total. The summed E-state index contributed by atoms with van der Waals surface area (Å²) in [5.41, 5.74) is 0. The molecule has 0 spiro atoms. The van der Waals surface area contributed by atoms with Gasteiger partial charge in [0.15, 0.2) is 0 Å². The highest BCUT2D eigenvalue weighted by Crippen LogP contribution is 2.05. The van der Waals surface area contributed by atoms with Gasteiger partial charge in [0.2, 0.25) is 0 Å². The number of aliphatic hydroxyl groups is 1. The molecule has 0 unspecified atom stereocenters. The number of aliphatic hydroxyl groups excluding tert-OH is 1. The van der Waals surface area contributed by atoms with Crippen molar-refractivity contribution in [2.75, 3.05) is 13.1 Å². The van der Waals surface area contributed by atoms with Crippen LogP contribution in [0.25, 0.3) is 0 Å². The molecule has 8 heteroatoms. The molecular formula is C8H13NO7. The van der Waals surface area contributed by atoms with Crippen LogP contribution in [0.1, 0.15) is 6.92 Å². The molecule has 0 saturated carbocycles. The lowest BCUT2D eigenvalue weighted by molar-refractivity contribution is -0.152. The molecule has 0 aromatic rings. The van der Waals surface area contributed by atoms with Crippen molar-refractivity contribution in [3.63, 3.8) is 0 Å². The van der Waals surface area contributed by atoms with Gasteiger partial charge in [0.25, 0.3) is 0 Å². The van der Waals surface area contributed by atoms with Gasteiger partial charge in [-0.2, -0.15) is 0 Å². The van der Waals surface area contributed by atoms with E-state index in [1.807, 2.05) is 0 Å². The fourth-order valence-electron chi connectivity index (χ4n) is 1.27. The molecule has 92 valence electrons. The second-order valence-corrected chi connectivity index (χ2v) is 3.22. The van der Waals surface area contributed by atoms with E-state index in [0.29, 0.717) is 4.90 Å². The molecule has 0 aromatic heterocycles. The van der Waals surface area contributed by atoms with E-state index in [1.54, 1.807) is 0 Å². The van der Waals surface area contributed by atoms with E-state index in [2.05, 4.69) is 0 Å². The van der Waals surface area contributed by atoms with Crippen molar-refractivity contribution in [3.8, 4) is 0 Å². The van der Waals surface area contributed by atoms with Gasteiger partial charge in [-0.15, -0.1) is 0 Å². The summed E-state index contributed by atoms with van der Waals surface area (Å²) in [7, 11) is 0. The summed E-state index contributed by atoms with van der Waals surface area (Å²) in [5.74, 6) is -4.21. The van der Waals surface area contributed by atoms with E-state index >= 15 is 0 Å². The molecule has 0 aliphatic carbocycles. The van der Waals surface area contributed by atoms with E-state index in [9.17, 15) is 19.5 Å². The number of carboxylic acids is 3. The molecule has 8 nitrogen and oxygen atoms in total. The highest BCUT2D eigenvalue weighted by atomic mass is 16.4. The SMILES string of the molecule is C[C@@H](O)[C@@H](C(=O)O)N(CC(=O)O)CC(=O)O. The van der Waals surface area contributed by atoms with Crippen LogP contribution in [0.4, 0.5) is 0 Å². The van der Waals surface area contributed by atoms with Gasteiger partial charge in [-0.05, 0) is 6.92 Å². The molecule has 0 aliphatic heterocycles. The van der Waals surface area contributed by atoms with Gasteiger partial charge >= 0.3 is 17.9 Å². The Morgan fingerprint density at radius 2 is 1.44 bits per heavy atom. The number of carbonyl (C=O) groups is 3. The largest absolute Gasteiger partial charge is 0.480 e. The Labute approximate surface area is 90.7 Å². The minimum atomic E-state index is -1.56. The van der Waals surface area contributed by atoms with Crippen LogP contribution in [0.2, 0.25) is 0 Å². The standard InChI is InChI=1S/C8H13NO7/c1-4(10)7(8(15)16)9(2-5(11)12)3-6(13)14/h4,7,10H,2-3H2,1H3,(H,11,12)(H,13,14)(H,15,16)/t4-,7+/m1/s1. The van der Waals surface area contributed by atoms with Crippen LogP contribution in [0, 0.1) is 0 Å². The molecule has 0 radical (unpaired) electrons. The number of hydrogen-bond donors (Lipinski definition) is 4. The second-order valence-electron chi connectivity index (χ2n) is 3.22. The maximum absolute atomic E-state index is 10.8. The molecule has 0 fully saturated rings. The molecule has 0 bridgehead atoms. The Balaban J connectivity index is 4.87. The Morgan fingerprint density at radius 3 is 1.62 bits per heavy atom. The third-order valence-corrected chi connectivity index (χ3v) is 1.78. The lowest BCUT2D eigenvalue weighted by Gasteiger charge is -2.27. The number of hydrogen-bond acceptors (Lipinski definition) is 5. The van der Waals surface area contributed by atoms with Gasteiger partial charge in [0.05, 0.1) is 19.2 Å². The summed E-state index contributed by atoms with van der Waals surface area (Å²) in [4.78, 5) is 32.3. The lowest BCUT2D eigenvalue weighted by Crippen LogP contribution is -2.51. The van der Waals surface area contributed by atoms with E-state index in [1.165, 1.54) is 0 Å². The third kappa shape index (κ3) is 4.71. The Kier molecular flexibility index (Phi) is 5.40. The van der Waals surface area contributed by atoms with Crippen LogP contribution in [-0.2, 0) is 14.4 Å². The molecule has 0 rings (SSSR count). The number of rotatable bonds is 7. The number of nitrogens with zero attached hydrogens (tertiary/aromatic N) is 1. The molecular weight excluding hydrogens is 222 g/mol. The summed E-state index contributed by atoms with van der Waals surface area (Å²) in [6.45, 7) is -0.391. The Bertz CT molecular complexity index is 272. The number of aliphatic carboxylic acids is 3. The lowest BCUT2D eigenvalue weighted by atomic mass is 10.1. The summed E-state index contributed by atoms with van der Waals surface area (Å²) in [6.07, 6.45) is -1.38. The quantitative estimate of drug-likeness (QED) is 0.409. The minimum Gasteiger partial charge on any atom is -0.480 e. The monoisotopic (exact) mass is 235 g/mol. The predicted octanol–water partition coefficient (Wildman–Crippen LogP) is -1.71. The molecule has 16 heavy (non-hydrogen) atoms. The van der Waals surface area contributed by atoms with Crippen molar-refractivity contribution >= 4 is 17.9 Å². The van der Waals surface area contributed by atoms with Crippen molar-refractivity contribution < 1.29 is 34.8 Å². The van der Waals surface area contributed by atoms with Gasteiger partial charge in [0, 0.05) is 0 Å². The third-order valence-electron chi connectivity index (χ3n) is 1.78. The zero-order valence-electron chi connectivity index (χ0n) is 8.53. The normalized spacial score (nSPS) is 14.4. The first-order valence-corrected chi connectivity index (χ1v) is 4.34. The van der Waals surface area contributed by atoms with Gasteiger partial charge in [-0.1, -0.05) is 0 Å². The van der Waals surface area contributed by atoms with Crippen LogP contribution in [0.15, 0.2) is 0 Å². The van der Waals surface area contributed by atoms with E-state index in [4.69, 9.17) is 15.3 Å². The molecule has 0 saturated heterocycles. The average Bonchev–Trinajstić information content (AvgIpc) is 1.98. The Morgan fingerprint density at radius 1 is 1.06 bits per heavy atom. The van der Waals surface area contributed by atoms with E-state index in [0.717, 1.165) is 6.92 Å². The molecule has 2 atom stereocenters. The summed E-state index contributed by atoms with van der Waals surface area (Å²) >= 11 is 0. The van der Waals surface area contributed by atoms with Crippen molar-refractivity contribution in [3.05, 3.63) is 0 Å². The molecule has 0 aromatic carbocycles. The van der Waals surface area contributed by atoms with Gasteiger partial charge in [-0.3, -0.25) is 19.3 Å². The first-order valence-electron chi connectivity index (χ1n) is 4.34. The fraction of sp³-hybridized carbons (Fsp3) is 0.625. The average molecular weight is 235 g/mol. The topological polar surface area (TPSA) is 135 Å². The smallest absolute Gasteiger partial charge is 0.323 e. The highest BCUT2D eigenvalue weighted by Gasteiger charge is 2.32. The van der Waals surface area contributed by atoms with Gasteiger partial charge < -0.3 is 20.4 Å². The van der Waals surface area contributed by atoms with Crippen LogP contribution in [0.5, 0.6) is 0 Å². The molecule has 0 aliphatic rings. The van der Waals surface area contributed by atoms with Gasteiger partial charge in [0.1, 0.15) is 6.04 Å². The van der Waals surface area contributed by atoms with Crippen LogP contribution >= 0.6 is 0 Å². The van der Waals surface area contributed by atoms with Crippen molar-refractivity contribution in [1.82, 2.24) is 4.90 Å². The maximum Gasteiger partial charge on any atom is 0.323 e. The van der Waals surface area contributed by atoms with E-state index < -0.39 is 43.1 Å².